The van der Waals surface area contributed by atoms with E-state index in [0.29, 0.717) is 33.2 Å². The van der Waals surface area contributed by atoms with Gasteiger partial charge in [0.2, 0.25) is 11.1 Å². The Bertz CT molecular complexity index is 1010. The summed E-state index contributed by atoms with van der Waals surface area (Å²) < 4.78 is 11.6. The van der Waals surface area contributed by atoms with Crippen LogP contribution in [0.1, 0.15) is 27.9 Å². The van der Waals surface area contributed by atoms with E-state index in [2.05, 4.69) is 15.5 Å². The van der Waals surface area contributed by atoms with Crippen molar-refractivity contribution in [3.05, 3.63) is 34.6 Å². The molecule has 1 amide bonds. The van der Waals surface area contributed by atoms with Crippen LogP contribution in [0.5, 0.6) is 0 Å². The summed E-state index contributed by atoms with van der Waals surface area (Å²) in [6.07, 6.45) is 1.55. The molecule has 9 nitrogen and oxygen atoms in total. The monoisotopic (exact) mass is 421 g/mol. The maximum Gasteiger partial charge on any atom is 0.348 e. The zero-order chi connectivity index (χ0) is 20.3. The van der Waals surface area contributed by atoms with Crippen LogP contribution >= 0.6 is 23.1 Å². The number of aromatic nitrogens is 3. The average Bonchev–Trinajstić information content (AvgIpc) is 3.32. The number of carbonyl (C=O) groups excluding carboxylic acids is 2. The maximum absolute atomic E-state index is 12.2. The van der Waals surface area contributed by atoms with Crippen molar-refractivity contribution in [2.75, 3.05) is 23.5 Å². The van der Waals surface area contributed by atoms with E-state index in [1.54, 1.807) is 39.2 Å². The molecule has 0 aliphatic carbocycles. The molecule has 3 N–H and O–H groups in total. The molecule has 0 aromatic carbocycles. The molecule has 0 unspecified atom stereocenters. The summed E-state index contributed by atoms with van der Waals surface area (Å²) >= 11 is 2.34. The summed E-state index contributed by atoms with van der Waals surface area (Å²) in [6.45, 7) is 5.64. The molecule has 148 valence electrons. The van der Waals surface area contributed by atoms with Gasteiger partial charge in [-0.2, -0.15) is 0 Å². The maximum atomic E-state index is 12.2. The standard InChI is InChI=1S/C17H19N5O4S2/c1-4-25-16(24)14-9(2)7-13(28-14)19-12(23)8-27-17-21-20-15(22(17)18)11-5-6-26-10(11)3/h5-7H,4,8,18H2,1-3H3,(H,19,23). The predicted octanol–water partition coefficient (Wildman–Crippen LogP) is 2.84. The van der Waals surface area contributed by atoms with E-state index in [0.717, 1.165) is 22.9 Å². The Hall–Kier alpha value is -2.79. The average molecular weight is 422 g/mol. The number of rotatable bonds is 7. The van der Waals surface area contributed by atoms with Crippen molar-refractivity contribution in [2.24, 2.45) is 0 Å². The van der Waals surface area contributed by atoms with Gasteiger partial charge in [0, 0.05) is 0 Å². The molecule has 0 spiro atoms. The van der Waals surface area contributed by atoms with Crippen molar-refractivity contribution in [2.45, 2.75) is 25.9 Å². The number of amides is 1. The minimum atomic E-state index is -0.391. The molecule has 28 heavy (non-hydrogen) atoms. The quantitative estimate of drug-likeness (QED) is 0.339. The number of thioether (sulfide) groups is 1. The van der Waals surface area contributed by atoms with E-state index < -0.39 is 5.97 Å². The summed E-state index contributed by atoms with van der Waals surface area (Å²) in [4.78, 5) is 24.6. The van der Waals surface area contributed by atoms with Crippen molar-refractivity contribution in [1.82, 2.24) is 14.9 Å². The number of nitrogens with two attached hydrogens (primary N) is 1. The van der Waals surface area contributed by atoms with Crippen LogP contribution in [0.25, 0.3) is 11.4 Å². The van der Waals surface area contributed by atoms with Gasteiger partial charge in [0.25, 0.3) is 0 Å². The van der Waals surface area contributed by atoms with Gasteiger partial charge in [0.05, 0.1) is 29.2 Å². The van der Waals surface area contributed by atoms with Crippen LogP contribution in [0.2, 0.25) is 0 Å². The summed E-state index contributed by atoms with van der Waals surface area (Å²) in [5.74, 6) is 6.63. The van der Waals surface area contributed by atoms with Crippen LogP contribution in [0.4, 0.5) is 5.00 Å². The molecule has 3 rings (SSSR count). The van der Waals surface area contributed by atoms with Crippen LogP contribution in [-0.4, -0.2) is 39.1 Å². The first kappa shape index (κ1) is 20.0. The molecule has 0 aliphatic rings. The lowest BCUT2D eigenvalue weighted by Gasteiger charge is -2.03. The second-order valence-corrected chi connectivity index (χ2v) is 7.74. The summed E-state index contributed by atoms with van der Waals surface area (Å²) in [7, 11) is 0. The van der Waals surface area contributed by atoms with Crippen molar-refractivity contribution < 1.29 is 18.7 Å². The Kier molecular flexibility index (Phi) is 6.05. The third-order valence-corrected chi connectivity index (χ3v) is 5.81. The number of anilines is 1. The van der Waals surface area contributed by atoms with Gasteiger partial charge >= 0.3 is 5.97 Å². The highest BCUT2D eigenvalue weighted by atomic mass is 32.2. The van der Waals surface area contributed by atoms with E-state index in [1.807, 2.05) is 0 Å². The van der Waals surface area contributed by atoms with Crippen LogP contribution in [0.3, 0.4) is 0 Å². The number of ether oxygens (including phenoxy) is 1. The number of nitrogens with zero attached hydrogens (tertiary/aromatic N) is 3. The van der Waals surface area contributed by atoms with Crippen LogP contribution < -0.4 is 11.2 Å². The molecule has 0 saturated carbocycles. The Morgan fingerprint density at radius 3 is 2.86 bits per heavy atom. The molecule has 3 aromatic heterocycles. The molecular formula is C17H19N5O4S2. The molecule has 0 radical (unpaired) electrons. The molecule has 0 saturated heterocycles. The van der Waals surface area contributed by atoms with E-state index in [4.69, 9.17) is 15.0 Å². The molecule has 3 heterocycles. The number of aryl methyl sites for hydroxylation is 2. The van der Waals surface area contributed by atoms with Gasteiger partial charge in [0.15, 0.2) is 5.82 Å². The highest BCUT2D eigenvalue weighted by Gasteiger charge is 2.18. The van der Waals surface area contributed by atoms with Gasteiger partial charge in [0.1, 0.15) is 10.6 Å². The summed E-state index contributed by atoms with van der Waals surface area (Å²) in [5.41, 5.74) is 1.50. The van der Waals surface area contributed by atoms with Crippen molar-refractivity contribution in [1.29, 1.82) is 0 Å². The Morgan fingerprint density at radius 1 is 1.39 bits per heavy atom. The van der Waals surface area contributed by atoms with Gasteiger partial charge in [-0.25, -0.2) is 9.47 Å². The zero-order valence-corrected chi connectivity index (χ0v) is 17.1. The zero-order valence-electron chi connectivity index (χ0n) is 15.5. The number of carbonyl (C=O) groups is 2. The summed E-state index contributed by atoms with van der Waals surface area (Å²) in [5, 5.41) is 11.8. The predicted molar refractivity (Wildman–Crippen MR) is 107 cm³/mol. The summed E-state index contributed by atoms with van der Waals surface area (Å²) in [6, 6.07) is 3.49. The highest BCUT2D eigenvalue weighted by molar-refractivity contribution is 7.99. The Labute approximate surface area is 169 Å². The number of hydrogen-bond donors (Lipinski definition) is 2. The van der Waals surface area contributed by atoms with Crippen molar-refractivity contribution >= 4 is 40.0 Å². The topological polar surface area (TPSA) is 125 Å². The van der Waals surface area contributed by atoms with Gasteiger partial charge in [-0.05, 0) is 38.5 Å². The van der Waals surface area contributed by atoms with E-state index >= 15 is 0 Å². The molecule has 0 bridgehead atoms. The van der Waals surface area contributed by atoms with Crippen LogP contribution in [0.15, 0.2) is 28.0 Å². The smallest absolute Gasteiger partial charge is 0.348 e. The lowest BCUT2D eigenvalue weighted by atomic mass is 10.2. The minimum absolute atomic E-state index is 0.0887. The third kappa shape index (κ3) is 4.20. The van der Waals surface area contributed by atoms with Crippen molar-refractivity contribution in [3.63, 3.8) is 0 Å². The highest BCUT2D eigenvalue weighted by Crippen LogP contribution is 2.28. The number of nitrogen functional groups attached to an aromatic ring is 1. The first-order valence-corrected chi connectivity index (χ1v) is 10.2. The number of hydrogen-bond acceptors (Lipinski definition) is 9. The molecule has 3 aromatic rings. The minimum Gasteiger partial charge on any atom is -0.469 e. The Balaban J connectivity index is 1.61. The van der Waals surface area contributed by atoms with E-state index in [-0.39, 0.29) is 11.7 Å². The lowest BCUT2D eigenvalue weighted by molar-refractivity contribution is -0.113. The molecule has 0 atom stereocenters. The largest absolute Gasteiger partial charge is 0.469 e. The number of esters is 1. The van der Waals surface area contributed by atoms with Gasteiger partial charge in [-0.3, -0.25) is 4.79 Å². The second kappa shape index (κ2) is 8.48. The Morgan fingerprint density at radius 2 is 2.18 bits per heavy atom. The van der Waals surface area contributed by atoms with E-state index in [9.17, 15) is 9.59 Å². The fourth-order valence-electron chi connectivity index (χ4n) is 2.42. The van der Waals surface area contributed by atoms with Gasteiger partial charge < -0.3 is 20.3 Å². The normalized spacial score (nSPS) is 10.8. The second-order valence-electron chi connectivity index (χ2n) is 5.75. The lowest BCUT2D eigenvalue weighted by Crippen LogP contribution is -2.16. The number of thiophene rings is 1. The molecule has 0 aliphatic heterocycles. The first-order chi connectivity index (χ1) is 13.4. The fourth-order valence-corrected chi connectivity index (χ4v) is 4.06. The molecule has 0 fully saturated rings. The third-order valence-electron chi connectivity index (χ3n) is 3.74. The number of nitrogens with one attached hydrogen (secondary N) is 1. The van der Waals surface area contributed by atoms with Crippen LogP contribution in [-0.2, 0) is 9.53 Å². The SMILES string of the molecule is CCOC(=O)c1sc(NC(=O)CSc2nnc(-c3ccoc3C)n2N)cc1C. The van der Waals surface area contributed by atoms with E-state index in [1.165, 1.54) is 16.0 Å². The molecule has 11 heteroatoms. The van der Waals surface area contributed by atoms with Gasteiger partial charge in [-0.15, -0.1) is 21.5 Å². The fraction of sp³-hybridized carbons (Fsp3) is 0.294. The van der Waals surface area contributed by atoms with Crippen LogP contribution in [0, 0.1) is 13.8 Å². The molecular weight excluding hydrogens is 402 g/mol. The first-order valence-electron chi connectivity index (χ1n) is 8.35. The van der Waals surface area contributed by atoms with Gasteiger partial charge in [-0.1, -0.05) is 11.8 Å². The number of furan rings is 1. The van der Waals surface area contributed by atoms with Crippen molar-refractivity contribution in [3.8, 4) is 11.4 Å².